The minimum atomic E-state index is -1.59. The van der Waals surface area contributed by atoms with Gasteiger partial charge in [0.1, 0.15) is 18.1 Å². The smallest absolute Gasteiger partial charge is 0.492 e. The van der Waals surface area contributed by atoms with Crippen molar-refractivity contribution in [2.75, 3.05) is 7.11 Å². The van der Waals surface area contributed by atoms with Crippen molar-refractivity contribution < 1.29 is 19.5 Å². The largest absolute Gasteiger partial charge is 0.497 e. The van der Waals surface area contributed by atoms with Crippen LogP contribution in [0.25, 0.3) is 0 Å². The van der Waals surface area contributed by atoms with E-state index in [0.717, 1.165) is 11.1 Å². The summed E-state index contributed by atoms with van der Waals surface area (Å²) in [4.78, 5) is 0. The molecule has 0 amide bonds. The van der Waals surface area contributed by atoms with Crippen molar-refractivity contribution in [1.82, 2.24) is 0 Å². The molecule has 0 fully saturated rings. The Bertz CT molecular complexity index is 631. The van der Waals surface area contributed by atoms with Crippen molar-refractivity contribution >= 4 is 24.2 Å². The van der Waals surface area contributed by atoms with Crippen molar-refractivity contribution in [3.8, 4) is 11.5 Å². The second-order valence-corrected chi connectivity index (χ2v) is 5.08. The molecule has 0 bridgehead atoms. The van der Waals surface area contributed by atoms with Gasteiger partial charge in [0, 0.05) is 10.5 Å². The van der Waals surface area contributed by atoms with Crippen LogP contribution in [0.4, 0.5) is 0 Å². The molecule has 0 aliphatic rings. The maximum atomic E-state index is 9.34. The van der Waals surface area contributed by atoms with Gasteiger partial charge < -0.3 is 19.5 Å². The molecule has 0 atom stereocenters. The zero-order chi connectivity index (χ0) is 15.4. The molecule has 21 heavy (non-hydrogen) atoms. The molecule has 0 heterocycles. The molecule has 0 radical (unpaired) electrons. The molecule has 2 N–H and O–H groups in total. The van der Waals surface area contributed by atoms with Crippen LogP contribution in [0.2, 0.25) is 5.02 Å². The van der Waals surface area contributed by atoms with Gasteiger partial charge in [-0.3, -0.25) is 0 Å². The number of hydrogen-bond donors (Lipinski definition) is 2. The van der Waals surface area contributed by atoms with E-state index in [9.17, 15) is 10.0 Å². The highest BCUT2D eigenvalue weighted by molar-refractivity contribution is 6.59. The van der Waals surface area contributed by atoms with Gasteiger partial charge in [-0.2, -0.15) is 0 Å². The Labute approximate surface area is 129 Å². The summed E-state index contributed by atoms with van der Waals surface area (Å²) in [7, 11) is -0.111. The molecule has 110 valence electrons. The lowest BCUT2D eigenvalue weighted by atomic mass is 9.79. The molecular weight excluding hydrogens is 290 g/mol. The molecule has 0 aromatic heterocycles. The van der Waals surface area contributed by atoms with Crippen molar-refractivity contribution in [3.05, 3.63) is 52.5 Å². The van der Waals surface area contributed by atoms with E-state index in [1.54, 1.807) is 24.3 Å². The summed E-state index contributed by atoms with van der Waals surface area (Å²) in [5.74, 6) is 1.12. The van der Waals surface area contributed by atoms with Gasteiger partial charge in [-0.1, -0.05) is 29.8 Å². The van der Waals surface area contributed by atoms with E-state index >= 15 is 0 Å². The number of benzene rings is 2. The Morgan fingerprint density at radius 1 is 1.10 bits per heavy atom. The first-order valence-corrected chi connectivity index (χ1v) is 6.81. The number of ether oxygens (including phenoxy) is 2. The summed E-state index contributed by atoms with van der Waals surface area (Å²) >= 11 is 5.94. The van der Waals surface area contributed by atoms with E-state index in [2.05, 4.69) is 0 Å². The summed E-state index contributed by atoms with van der Waals surface area (Å²) in [5.41, 5.74) is 2.09. The normalized spacial score (nSPS) is 10.3. The molecule has 2 rings (SSSR count). The Hall–Kier alpha value is -1.69. The minimum Gasteiger partial charge on any atom is -0.497 e. The molecule has 0 saturated carbocycles. The Kier molecular flexibility index (Phi) is 5.12. The van der Waals surface area contributed by atoms with Crippen LogP contribution in [0, 0.1) is 6.92 Å². The Morgan fingerprint density at radius 2 is 1.86 bits per heavy atom. The highest BCUT2D eigenvalue weighted by Crippen LogP contribution is 2.23. The van der Waals surface area contributed by atoms with Crippen LogP contribution < -0.4 is 14.9 Å². The van der Waals surface area contributed by atoms with Crippen molar-refractivity contribution in [2.24, 2.45) is 0 Å². The Morgan fingerprint density at radius 3 is 2.52 bits per heavy atom. The van der Waals surface area contributed by atoms with E-state index in [1.165, 1.54) is 7.11 Å². The molecule has 0 aliphatic carbocycles. The topological polar surface area (TPSA) is 58.9 Å². The third-order valence-corrected chi connectivity index (χ3v) is 3.35. The fourth-order valence-corrected chi connectivity index (χ4v) is 2.13. The molecular formula is C15H16BClO4. The molecule has 6 heteroatoms. The van der Waals surface area contributed by atoms with Gasteiger partial charge in [-0.05, 0) is 36.2 Å². The van der Waals surface area contributed by atoms with Gasteiger partial charge in [0.2, 0.25) is 0 Å². The zero-order valence-corrected chi connectivity index (χ0v) is 12.6. The third kappa shape index (κ3) is 3.91. The summed E-state index contributed by atoms with van der Waals surface area (Å²) in [6, 6.07) is 10.6. The first kappa shape index (κ1) is 15.7. The van der Waals surface area contributed by atoms with Crippen LogP contribution in [0.1, 0.15) is 11.1 Å². The number of methoxy groups -OCH3 is 1. The van der Waals surface area contributed by atoms with Crippen molar-refractivity contribution in [1.29, 1.82) is 0 Å². The maximum absolute atomic E-state index is 9.34. The second-order valence-electron chi connectivity index (χ2n) is 4.65. The number of aryl methyl sites for hydroxylation is 1. The van der Waals surface area contributed by atoms with Crippen molar-refractivity contribution in [2.45, 2.75) is 13.5 Å². The fraction of sp³-hybridized carbons (Fsp3) is 0.200. The summed E-state index contributed by atoms with van der Waals surface area (Å²) in [6.07, 6.45) is 0. The van der Waals surface area contributed by atoms with Gasteiger partial charge >= 0.3 is 7.12 Å². The highest BCUT2D eigenvalue weighted by Gasteiger charge is 2.17. The third-order valence-electron chi connectivity index (χ3n) is 3.12. The average molecular weight is 307 g/mol. The van der Waals surface area contributed by atoms with Crippen LogP contribution in [0.3, 0.4) is 0 Å². The van der Waals surface area contributed by atoms with Crippen LogP contribution in [0.5, 0.6) is 11.5 Å². The molecule has 2 aromatic carbocycles. The van der Waals surface area contributed by atoms with E-state index in [-0.39, 0.29) is 0 Å². The first-order valence-electron chi connectivity index (χ1n) is 6.43. The zero-order valence-electron chi connectivity index (χ0n) is 11.8. The van der Waals surface area contributed by atoms with E-state index < -0.39 is 7.12 Å². The van der Waals surface area contributed by atoms with E-state index in [0.29, 0.717) is 28.6 Å². The summed E-state index contributed by atoms with van der Waals surface area (Å²) < 4.78 is 10.8. The van der Waals surface area contributed by atoms with Gasteiger partial charge in [0.15, 0.2) is 0 Å². The lowest BCUT2D eigenvalue weighted by molar-refractivity contribution is 0.304. The Balaban J connectivity index is 2.16. The number of rotatable bonds is 5. The van der Waals surface area contributed by atoms with Gasteiger partial charge in [-0.25, -0.2) is 0 Å². The van der Waals surface area contributed by atoms with Gasteiger partial charge in [-0.15, -0.1) is 0 Å². The quantitative estimate of drug-likeness (QED) is 0.829. The summed E-state index contributed by atoms with van der Waals surface area (Å²) in [6.45, 7) is 2.23. The van der Waals surface area contributed by atoms with E-state index in [4.69, 9.17) is 21.1 Å². The monoisotopic (exact) mass is 306 g/mol. The van der Waals surface area contributed by atoms with Gasteiger partial charge in [0.05, 0.1) is 7.11 Å². The van der Waals surface area contributed by atoms with E-state index in [1.807, 2.05) is 19.1 Å². The SMILES string of the molecule is COc1ccc(COc2cc(Cl)ccc2C)cc1B(O)O. The molecule has 2 aromatic rings. The fourth-order valence-electron chi connectivity index (χ4n) is 1.97. The predicted molar refractivity (Wildman–Crippen MR) is 83.3 cm³/mol. The minimum absolute atomic E-state index is 0.297. The van der Waals surface area contributed by atoms with Crippen LogP contribution in [-0.2, 0) is 6.61 Å². The van der Waals surface area contributed by atoms with Crippen LogP contribution in [0.15, 0.2) is 36.4 Å². The standard InChI is InChI=1S/C15H16BClO4/c1-10-3-5-12(17)8-15(10)21-9-11-4-6-14(20-2)13(7-11)16(18)19/h3-8,18-19H,9H2,1-2H3. The lowest BCUT2D eigenvalue weighted by Gasteiger charge is -2.12. The lowest BCUT2D eigenvalue weighted by Crippen LogP contribution is -2.31. The molecule has 4 nitrogen and oxygen atoms in total. The summed E-state index contributed by atoms with van der Waals surface area (Å²) in [5, 5.41) is 19.3. The first-order chi connectivity index (χ1) is 10.0. The average Bonchev–Trinajstić information content (AvgIpc) is 2.47. The highest BCUT2D eigenvalue weighted by atomic mass is 35.5. The number of hydrogen-bond acceptors (Lipinski definition) is 4. The maximum Gasteiger partial charge on any atom is 0.492 e. The van der Waals surface area contributed by atoms with Crippen LogP contribution in [-0.4, -0.2) is 24.3 Å². The molecule has 0 spiro atoms. The van der Waals surface area contributed by atoms with Crippen LogP contribution >= 0.6 is 11.6 Å². The molecule has 0 aliphatic heterocycles. The molecule has 0 saturated heterocycles. The predicted octanol–water partition coefficient (Wildman–Crippen LogP) is 1.92. The second kappa shape index (κ2) is 6.85. The van der Waals surface area contributed by atoms with Gasteiger partial charge in [0.25, 0.3) is 0 Å². The number of halogens is 1. The van der Waals surface area contributed by atoms with Crippen molar-refractivity contribution in [3.63, 3.8) is 0 Å². The molecule has 0 unspecified atom stereocenters.